The lowest BCUT2D eigenvalue weighted by molar-refractivity contribution is -0.0446. The fourth-order valence-electron chi connectivity index (χ4n) is 3.79. The van der Waals surface area contributed by atoms with Crippen LogP contribution in [0.5, 0.6) is 0 Å². The molecule has 0 aliphatic carbocycles. The first kappa shape index (κ1) is 28.3. The van der Waals surface area contributed by atoms with Gasteiger partial charge in [-0.25, -0.2) is 4.79 Å². The molecule has 0 radical (unpaired) electrons. The van der Waals surface area contributed by atoms with Crippen LogP contribution >= 0.6 is 8.60 Å². The highest BCUT2D eigenvalue weighted by atomic mass is 31.2. The number of nitrogens with one attached hydrogen (secondary N) is 1. The van der Waals surface area contributed by atoms with Gasteiger partial charge < -0.3 is 27.8 Å². The summed E-state index contributed by atoms with van der Waals surface area (Å²) in [6.07, 6.45) is 3.36. The number of rotatable bonds is 15. The molecule has 2 aromatic heterocycles. The van der Waals surface area contributed by atoms with Crippen molar-refractivity contribution in [3.8, 4) is 0 Å². The summed E-state index contributed by atoms with van der Waals surface area (Å²) in [7, 11) is -0.134. The summed E-state index contributed by atoms with van der Waals surface area (Å²) >= 11 is 0. The molecule has 1 fully saturated rings. The van der Waals surface area contributed by atoms with Crippen molar-refractivity contribution in [2.75, 3.05) is 26.9 Å². The Kier molecular flexibility index (Phi) is 11.1. The quantitative estimate of drug-likeness (QED) is 0.287. The zero-order valence-electron chi connectivity index (χ0n) is 21.1. The number of aromatic amines is 1. The molecule has 4 rings (SSSR count). The van der Waals surface area contributed by atoms with Crippen LogP contribution in [0.25, 0.3) is 0 Å². The summed E-state index contributed by atoms with van der Waals surface area (Å²) < 4.78 is 36.6. The number of pyridine rings is 1. The van der Waals surface area contributed by atoms with Crippen molar-refractivity contribution in [2.24, 2.45) is 0 Å². The van der Waals surface area contributed by atoms with E-state index in [1.54, 1.807) is 13.3 Å². The Morgan fingerprint density at radius 2 is 1.87 bits per heavy atom. The first-order valence-corrected chi connectivity index (χ1v) is 13.4. The second kappa shape index (κ2) is 15.0. The Balaban J connectivity index is 1.31. The number of hydrogen-bond donors (Lipinski definition) is 1. The zero-order valence-corrected chi connectivity index (χ0v) is 22.0. The molecule has 1 aliphatic heterocycles. The molecule has 0 amide bonds. The molecule has 1 aliphatic rings. The molecule has 3 aromatic rings. The van der Waals surface area contributed by atoms with E-state index >= 15 is 0 Å². The number of H-pyrrole nitrogens is 1. The van der Waals surface area contributed by atoms with E-state index in [0.717, 1.165) is 11.3 Å². The maximum atomic E-state index is 12.1. The molecule has 11 nitrogen and oxygen atoms in total. The molecule has 4 unspecified atom stereocenters. The molecule has 1 saturated heterocycles. The summed E-state index contributed by atoms with van der Waals surface area (Å²) in [6.45, 7) is 1.39. The largest absolute Gasteiger partial charge is 0.382 e. The van der Waals surface area contributed by atoms with Gasteiger partial charge in [0, 0.05) is 25.6 Å². The highest BCUT2D eigenvalue weighted by Gasteiger charge is 2.29. The van der Waals surface area contributed by atoms with Gasteiger partial charge in [0.15, 0.2) is 0 Å². The van der Waals surface area contributed by atoms with E-state index < -0.39 is 26.1 Å². The Morgan fingerprint density at radius 3 is 2.63 bits per heavy atom. The summed E-state index contributed by atoms with van der Waals surface area (Å²) in [6, 6.07) is 16.7. The third kappa shape index (κ3) is 8.92. The lowest BCUT2D eigenvalue weighted by Gasteiger charge is -2.22. The van der Waals surface area contributed by atoms with E-state index in [1.807, 2.05) is 48.5 Å². The minimum atomic E-state index is -1.73. The number of benzene rings is 1. The minimum Gasteiger partial charge on any atom is -0.382 e. The maximum Gasteiger partial charge on any atom is 0.333 e. The molecular weight excluding hydrogens is 513 g/mol. The lowest BCUT2D eigenvalue weighted by Crippen LogP contribution is -2.31. The summed E-state index contributed by atoms with van der Waals surface area (Å²) in [4.78, 5) is 30.0. The Labute approximate surface area is 221 Å². The van der Waals surface area contributed by atoms with Gasteiger partial charge in [-0.15, -0.1) is 0 Å². The van der Waals surface area contributed by atoms with Gasteiger partial charge in [0.1, 0.15) is 12.3 Å². The molecule has 0 spiro atoms. The van der Waals surface area contributed by atoms with Crippen molar-refractivity contribution in [1.82, 2.24) is 14.5 Å². The number of ether oxygens (including phenoxy) is 3. The monoisotopic (exact) mass is 545 g/mol. The third-order valence-electron chi connectivity index (χ3n) is 5.70. The van der Waals surface area contributed by atoms with Crippen LogP contribution in [-0.2, 0) is 41.0 Å². The number of hydrogen-bond acceptors (Lipinski definition) is 9. The van der Waals surface area contributed by atoms with Crippen LogP contribution in [0.4, 0.5) is 0 Å². The van der Waals surface area contributed by atoms with E-state index in [0.29, 0.717) is 32.7 Å². The molecule has 0 bridgehead atoms. The second-order valence-corrected chi connectivity index (χ2v) is 9.81. The van der Waals surface area contributed by atoms with Crippen molar-refractivity contribution in [3.63, 3.8) is 0 Å². The van der Waals surface area contributed by atoms with Crippen molar-refractivity contribution in [1.29, 1.82) is 0 Å². The van der Waals surface area contributed by atoms with Crippen LogP contribution in [0, 0.1) is 0 Å². The van der Waals surface area contributed by atoms with Gasteiger partial charge in [-0.2, -0.15) is 0 Å². The van der Waals surface area contributed by atoms with Crippen LogP contribution in [0.15, 0.2) is 76.6 Å². The Hall–Kier alpha value is -2.76. The van der Waals surface area contributed by atoms with E-state index in [4.69, 9.17) is 27.8 Å². The highest BCUT2D eigenvalue weighted by molar-refractivity contribution is 7.41. The van der Waals surface area contributed by atoms with Crippen molar-refractivity contribution >= 4 is 8.60 Å². The molecular formula is C26H32N3O8P. The van der Waals surface area contributed by atoms with Crippen LogP contribution in [-0.4, -0.2) is 53.7 Å². The first-order valence-electron chi connectivity index (χ1n) is 12.3. The average molecular weight is 546 g/mol. The predicted molar refractivity (Wildman–Crippen MR) is 139 cm³/mol. The second-order valence-electron chi connectivity index (χ2n) is 8.59. The summed E-state index contributed by atoms with van der Waals surface area (Å²) in [5.41, 5.74) is 0.845. The van der Waals surface area contributed by atoms with E-state index in [9.17, 15) is 9.59 Å². The van der Waals surface area contributed by atoms with Crippen molar-refractivity contribution in [3.05, 3.63) is 99.1 Å². The molecule has 38 heavy (non-hydrogen) atoms. The highest BCUT2D eigenvalue weighted by Crippen LogP contribution is 2.42. The van der Waals surface area contributed by atoms with Gasteiger partial charge in [-0.3, -0.25) is 19.3 Å². The van der Waals surface area contributed by atoms with Crippen molar-refractivity contribution < 1.29 is 27.8 Å². The van der Waals surface area contributed by atoms with Gasteiger partial charge in [-0.1, -0.05) is 36.4 Å². The Morgan fingerprint density at radius 1 is 1.03 bits per heavy atom. The van der Waals surface area contributed by atoms with E-state index in [1.165, 1.54) is 16.8 Å². The van der Waals surface area contributed by atoms with Gasteiger partial charge in [0.2, 0.25) is 0 Å². The molecule has 12 heteroatoms. The fraction of sp³-hybridized carbons (Fsp3) is 0.423. The van der Waals surface area contributed by atoms with Crippen LogP contribution in [0.2, 0.25) is 0 Å². The number of methoxy groups -OCH3 is 1. The SMILES string of the molecule is COCC(COP(OCc1ccccc1)OCC1CCC(n2ccc(=O)[nH]c2=O)O1)OCc1ccccn1. The topological polar surface area (TPSA) is 123 Å². The predicted octanol–water partition coefficient (Wildman–Crippen LogP) is 3.32. The van der Waals surface area contributed by atoms with Crippen LogP contribution in [0.3, 0.4) is 0 Å². The smallest absolute Gasteiger partial charge is 0.333 e. The van der Waals surface area contributed by atoms with E-state index in [2.05, 4.69) is 9.97 Å². The fourth-order valence-corrected chi connectivity index (χ4v) is 4.84. The maximum absolute atomic E-state index is 12.1. The molecule has 3 heterocycles. The zero-order chi connectivity index (χ0) is 26.6. The number of aromatic nitrogens is 3. The van der Waals surface area contributed by atoms with E-state index in [-0.39, 0.29) is 25.4 Å². The van der Waals surface area contributed by atoms with Gasteiger partial charge in [-0.05, 0) is 30.5 Å². The lowest BCUT2D eigenvalue weighted by atomic mass is 10.2. The first-order chi connectivity index (χ1) is 18.6. The van der Waals surface area contributed by atoms with Gasteiger partial charge in [0.25, 0.3) is 5.56 Å². The summed E-state index contributed by atoms with van der Waals surface area (Å²) in [5.74, 6) is 0. The van der Waals surface area contributed by atoms with Gasteiger partial charge >= 0.3 is 14.3 Å². The minimum absolute atomic E-state index is 0.197. The molecule has 0 saturated carbocycles. The molecule has 1 aromatic carbocycles. The molecule has 1 N–H and O–H groups in total. The molecule has 4 atom stereocenters. The third-order valence-corrected chi connectivity index (χ3v) is 6.76. The van der Waals surface area contributed by atoms with Crippen LogP contribution in [0.1, 0.15) is 30.3 Å². The van der Waals surface area contributed by atoms with Gasteiger partial charge in [0.05, 0.1) is 44.8 Å². The molecule has 204 valence electrons. The average Bonchev–Trinajstić information content (AvgIpc) is 3.41. The Bertz CT molecular complexity index is 1210. The normalized spacial score (nSPS) is 18.9. The van der Waals surface area contributed by atoms with Crippen LogP contribution < -0.4 is 11.2 Å². The summed E-state index contributed by atoms with van der Waals surface area (Å²) in [5, 5.41) is 0. The van der Waals surface area contributed by atoms with Crippen molar-refractivity contribution in [2.45, 2.75) is 44.5 Å². The number of nitrogens with zero attached hydrogens (tertiary/aromatic N) is 2. The standard InChI is InChI=1S/C26H32N3O8P/c1-32-17-23(33-16-21-9-5-6-13-27-21)19-36-38(34-15-20-7-3-2-4-8-20)35-18-22-10-11-25(37-22)29-14-12-24(30)28-26(29)31/h2-9,12-14,22-23,25H,10-11,15-19H2,1H3,(H,28,30,31).